The predicted molar refractivity (Wildman–Crippen MR) is 59.7 cm³/mol. The molecule has 1 aliphatic rings. The molecule has 2 aromatic rings. The number of aromatic nitrogens is 1. The van der Waals surface area contributed by atoms with E-state index in [1.165, 1.54) is 0 Å². The zero-order valence-corrected chi connectivity index (χ0v) is 8.58. The molecule has 1 N–H and O–H groups in total. The minimum Gasteiger partial charge on any atom is -0.346 e. The van der Waals surface area contributed by atoms with Gasteiger partial charge in [0, 0.05) is 36.8 Å². The van der Waals surface area contributed by atoms with Gasteiger partial charge in [0.15, 0.2) is 5.43 Å². The number of rotatable bonds is 0. The zero-order valence-electron chi connectivity index (χ0n) is 8.58. The summed E-state index contributed by atoms with van der Waals surface area (Å²) in [4.78, 5) is 12.1. The molecule has 3 nitrogen and oxygen atoms in total. The molecule has 0 fully saturated rings. The Balaban J connectivity index is 2.57. The van der Waals surface area contributed by atoms with Crippen LogP contribution in [-0.4, -0.2) is 4.57 Å². The number of benzene rings is 1. The highest BCUT2D eigenvalue weighted by Gasteiger charge is 2.18. The maximum atomic E-state index is 12.1. The van der Waals surface area contributed by atoms with E-state index in [9.17, 15) is 4.79 Å². The normalized spacial score (nSPS) is 14.5. The van der Waals surface area contributed by atoms with E-state index in [2.05, 4.69) is 9.88 Å². The molecule has 0 saturated heterocycles. The van der Waals surface area contributed by atoms with Gasteiger partial charge in [0.1, 0.15) is 0 Å². The van der Waals surface area contributed by atoms with Gasteiger partial charge < -0.3 is 9.88 Å². The molecule has 0 saturated carbocycles. The third kappa shape index (κ3) is 1.07. The quantitative estimate of drug-likeness (QED) is 0.692. The van der Waals surface area contributed by atoms with Gasteiger partial charge in [0.05, 0.1) is 5.52 Å². The van der Waals surface area contributed by atoms with Gasteiger partial charge in [-0.2, -0.15) is 0 Å². The van der Waals surface area contributed by atoms with E-state index in [0.717, 1.165) is 28.7 Å². The molecule has 0 unspecified atom stereocenters. The summed E-state index contributed by atoms with van der Waals surface area (Å²) in [5.41, 5.74) is 3.25. The summed E-state index contributed by atoms with van der Waals surface area (Å²) in [7, 11) is 2.02. The first-order chi connectivity index (χ1) is 7.29. The van der Waals surface area contributed by atoms with Gasteiger partial charge in [-0.25, -0.2) is 0 Å². The maximum absolute atomic E-state index is 12.1. The summed E-state index contributed by atoms with van der Waals surface area (Å²) in [6.45, 7) is 1.50. The lowest BCUT2D eigenvalue weighted by atomic mass is 10.1. The first-order valence-corrected chi connectivity index (χ1v) is 5.09. The highest BCUT2D eigenvalue weighted by atomic mass is 16.1. The molecule has 0 atom stereocenters. The van der Waals surface area contributed by atoms with E-state index in [-0.39, 0.29) is 5.43 Å². The Kier molecular flexibility index (Phi) is 1.70. The number of hydrogen-bond acceptors (Lipinski definition) is 2. The highest BCUT2D eigenvalue weighted by Crippen LogP contribution is 2.17. The van der Waals surface area contributed by atoms with Crippen molar-refractivity contribution in [1.29, 1.82) is 0 Å². The third-order valence-corrected chi connectivity index (χ3v) is 3.13. The Hall–Kier alpha value is -1.61. The second-order valence-electron chi connectivity index (χ2n) is 3.93. The first-order valence-electron chi connectivity index (χ1n) is 5.09. The molecular weight excluding hydrogens is 188 g/mol. The van der Waals surface area contributed by atoms with Crippen LogP contribution in [0.2, 0.25) is 0 Å². The van der Waals surface area contributed by atoms with E-state index in [4.69, 9.17) is 0 Å². The summed E-state index contributed by atoms with van der Waals surface area (Å²) < 4.78 is 2.12. The Labute approximate surface area is 87.3 Å². The van der Waals surface area contributed by atoms with Crippen LogP contribution in [0.4, 0.5) is 0 Å². The van der Waals surface area contributed by atoms with Gasteiger partial charge in [-0.15, -0.1) is 0 Å². The largest absolute Gasteiger partial charge is 0.346 e. The minimum atomic E-state index is 0.184. The lowest BCUT2D eigenvalue weighted by molar-refractivity contribution is 0.736. The highest BCUT2D eigenvalue weighted by molar-refractivity contribution is 5.80. The van der Waals surface area contributed by atoms with Gasteiger partial charge in [-0.05, 0) is 12.1 Å². The second kappa shape index (κ2) is 2.94. The van der Waals surface area contributed by atoms with Gasteiger partial charge in [-0.3, -0.25) is 4.79 Å². The average molecular weight is 200 g/mol. The van der Waals surface area contributed by atoms with Crippen molar-refractivity contribution in [2.75, 3.05) is 0 Å². The van der Waals surface area contributed by atoms with Crippen molar-refractivity contribution in [2.24, 2.45) is 7.05 Å². The van der Waals surface area contributed by atoms with Gasteiger partial charge >= 0.3 is 0 Å². The predicted octanol–water partition coefficient (Wildman–Crippen LogP) is 1.14. The van der Waals surface area contributed by atoms with E-state index < -0.39 is 0 Å². The molecular formula is C12H12N2O. The summed E-state index contributed by atoms with van der Waals surface area (Å²) in [5.74, 6) is 0. The SMILES string of the molecule is Cn1c2c(c(=O)c3ccccc31)CNC2. The van der Waals surface area contributed by atoms with Crippen LogP contribution < -0.4 is 10.7 Å². The van der Waals surface area contributed by atoms with Gasteiger partial charge in [0.2, 0.25) is 0 Å². The Morgan fingerprint density at radius 1 is 1.27 bits per heavy atom. The molecule has 15 heavy (non-hydrogen) atoms. The molecule has 1 aliphatic heterocycles. The van der Waals surface area contributed by atoms with Crippen LogP contribution >= 0.6 is 0 Å². The van der Waals surface area contributed by atoms with Crippen molar-refractivity contribution >= 4 is 10.9 Å². The van der Waals surface area contributed by atoms with Crippen LogP contribution in [0.1, 0.15) is 11.3 Å². The fourth-order valence-corrected chi connectivity index (χ4v) is 2.31. The van der Waals surface area contributed by atoms with Crippen molar-refractivity contribution in [3.8, 4) is 0 Å². The van der Waals surface area contributed by atoms with Crippen molar-refractivity contribution in [2.45, 2.75) is 13.1 Å². The molecule has 3 rings (SSSR count). The van der Waals surface area contributed by atoms with Crippen molar-refractivity contribution in [3.05, 3.63) is 45.7 Å². The molecule has 0 spiro atoms. The fraction of sp³-hybridized carbons (Fsp3) is 0.250. The number of nitrogens with zero attached hydrogens (tertiary/aromatic N) is 1. The van der Waals surface area contributed by atoms with Gasteiger partial charge in [-0.1, -0.05) is 12.1 Å². The standard InChI is InChI=1S/C12H12N2O/c1-14-10-5-3-2-4-8(10)12(15)9-6-13-7-11(9)14/h2-5,13H,6-7H2,1H3. The first kappa shape index (κ1) is 8.68. The number of pyridine rings is 1. The molecule has 0 aliphatic carbocycles. The van der Waals surface area contributed by atoms with Crippen molar-refractivity contribution in [1.82, 2.24) is 9.88 Å². The smallest absolute Gasteiger partial charge is 0.194 e. The second-order valence-corrected chi connectivity index (χ2v) is 3.93. The zero-order chi connectivity index (χ0) is 10.4. The van der Waals surface area contributed by atoms with Crippen molar-refractivity contribution < 1.29 is 0 Å². The van der Waals surface area contributed by atoms with Crippen molar-refractivity contribution in [3.63, 3.8) is 0 Å². The number of hydrogen-bond donors (Lipinski definition) is 1. The summed E-state index contributed by atoms with van der Waals surface area (Å²) >= 11 is 0. The summed E-state index contributed by atoms with van der Waals surface area (Å²) in [6.07, 6.45) is 0. The Morgan fingerprint density at radius 2 is 2.07 bits per heavy atom. The molecule has 0 amide bonds. The van der Waals surface area contributed by atoms with Crippen LogP contribution in [-0.2, 0) is 20.1 Å². The topological polar surface area (TPSA) is 34.0 Å². The summed E-state index contributed by atoms with van der Waals surface area (Å²) in [6, 6.07) is 7.78. The molecule has 3 heteroatoms. The molecule has 76 valence electrons. The molecule has 0 radical (unpaired) electrons. The van der Waals surface area contributed by atoms with Crippen LogP contribution in [0.25, 0.3) is 10.9 Å². The van der Waals surface area contributed by atoms with E-state index in [1.54, 1.807) is 0 Å². The van der Waals surface area contributed by atoms with Crippen LogP contribution in [0, 0.1) is 0 Å². The number of fused-ring (bicyclic) bond motifs is 2. The molecule has 1 aromatic heterocycles. The summed E-state index contributed by atoms with van der Waals surface area (Å²) in [5, 5.41) is 4.05. The Bertz CT molecular complexity index is 598. The number of nitrogens with one attached hydrogen (secondary N) is 1. The minimum absolute atomic E-state index is 0.184. The lowest BCUT2D eigenvalue weighted by Crippen LogP contribution is -2.15. The van der Waals surface area contributed by atoms with E-state index in [0.29, 0.717) is 6.54 Å². The maximum Gasteiger partial charge on any atom is 0.194 e. The Morgan fingerprint density at radius 3 is 2.93 bits per heavy atom. The van der Waals surface area contributed by atoms with Crippen LogP contribution in [0.15, 0.2) is 29.1 Å². The number of para-hydroxylation sites is 1. The average Bonchev–Trinajstić information content (AvgIpc) is 2.75. The monoisotopic (exact) mass is 200 g/mol. The molecule has 1 aromatic carbocycles. The van der Waals surface area contributed by atoms with E-state index >= 15 is 0 Å². The van der Waals surface area contributed by atoms with Crippen LogP contribution in [0.3, 0.4) is 0 Å². The van der Waals surface area contributed by atoms with E-state index in [1.807, 2.05) is 31.3 Å². The molecule has 2 heterocycles. The lowest BCUT2D eigenvalue weighted by Gasteiger charge is -2.10. The fourth-order valence-electron chi connectivity index (χ4n) is 2.31. The third-order valence-electron chi connectivity index (χ3n) is 3.13. The van der Waals surface area contributed by atoms with Crippen LogP contribution in [0.5, 0.6) is 0 Å². The number of aryl methyl sites for hydroxylation is 1. The van der Waals surface area contributed by atoms with Gasteiger partial charge in [0.25, 0.3) is 0 Å². The molecule has 0 bridgehead atoms.